The Labute approximate surface area is 130 Å². The van der Waals surface area contributed by atoms with Crippen LogP contribution >= 0.6 is 27.3 Å². The zero-order chi connectivity index (χ0) is 14.5. The molecule has 0 fully saturated rings. The molecule has 1 heterocycles. The Balaban J connectivity index is 1.98. The van der Waals surface area contributed by atoms with Crippen LogP contribution in [0.25, 0.3) is 0 Å². The van der Waals surface area contributed by atoms with Gasteiger partial charge in [-0.05, 0) is 30.8 Å². The summed E-state index contributed by atoms with van der Waals surface area (Å²) in [5.74, 6) is 4.88. The van der Waals surface area contributed by atoms with Gasteiger partial charge in [-0.25, -0.2) is 5.84 Å². The van der Waals surface area contributed by atoms with Crippen molar-refractivity contribution in [3.05, 3.63) is 56.2 Å². The first-order chi connectivity index (χ1) is 9.60. The highest BCUT2D eigenvalue weighted by Gasteiger charge is 2.10. The fourth-order valence-electron chi connectivity index (χ4n) is 1.90. The van der Waals surface area contributed by atoms with Gasteiger partial charge in [-0.2, -0.15) is 0 Å². The van der Waals surface area contributed by atoms with Crippen molar-refractivity contribution in [1.29, 1.82) is 0 Å². The fraction of sp³-hybridized carbons (Fsp3) is 0.214. The molecule has 0 spiro atoms. The Morgan fingerprint density at radius 2 is 2.05 bits per heavy atom. The van der Waals surface area contributed by atoms with E-state index in [2.05, 4.69) is 39.4 Å². The lowest BCUT2D eigenvalue weighted by Gasteiger charge is -2.16. The topological polar surface area (TPSA) is 58.4 Å². The van der Waals surface area contributed by atoms with E-state index in [9.17, 15) is 4.79 Å². The average molecular weight is 354 g/mol. The number of rotatable bonds is 5. The number of nitrogens with one attached hydrogen (secondary N) is 1. The second-order valence-corrected chi connectivity index (χ2v) is 6.53. The highest BCUT2D eigenvalue weighted by Crippen LogP contribution is 2.21. The van der Waals surface area contributed by atoms with E-state index in [0.717, 1.165) is 22.4 Å². The highest BCUT2D eigenvalue weighted by molar-refractivity contribution is 9.10. The summed E-state index contributed by atoms with van der Waals surface area (Å²) >= 11 is 5.02. The van der Waals surface area contributed by atoms with E-state index in [1.807, 2.05) is 24.3 Å². The Hall–Kier alpha value is -1.21. The maximum Gasteiger partial charge on any atom is 0.275 e. The molecule has 0 bridgehead atoms. The van der Waals surface area contributed by atoms with Crippen LogP contribution in [-0.2, 0) is 13.1 Å². The molecule has 0 saturated heterocycles. The molecule has 1 aromatic carbocycles. The fourth-order valence-corrected chi connectivity index (χ4v) is 3.30. The molecule has 2 aromatic rings. The number of hydrogen-bond acceptors (Lipinski definition) is 4. The van der Waals surface area contributed by atoms with Crippen LogP contribution in [0.15, 0.2) is 40.9 Å². The molecular formula is C14H16BrN3OS. The van der Waals surface area contributed by atoms with Gasteiger partial charge in [0.2, 0.25) is 0 Å². The Morgan fingerprint density at radius 1 is 1.30 bits per heavy atom. The van der Waals surface area contributed by atoms with E-state index >= 15 is 0 Å². The summed E-state index contributed by atoms with van der Waals surface area (Å²) in [4.78, 5) is 15.4. The zero-order valence-corrected chi connectivity index (χ0v) is 13.5. The second kappa shape index (κ2) is 6.99. The SMILES string of the molecule is CN(Cc1ccc(C(=O)NN)s1)Cc1ccccc1Br. The number of nitrogens with zero attached hydrogens (tertiary/aromatic N) is 1. The van der Waals surface area contributed by atoms with Crippen molar-refractivity contribution in [1.82, 2.24) is 10.3 Å². The first-order valence-electron chi connectivity index (χ1n) is 6.11. The third kappa shape index (κ3) is 3.89. The average Bonchev–Trinajstić information content (AvgIpc) is 2.89. The zero-order valence-electron chi connectivity index (χ0n) is 11.1. The highest BCUT2D eigenvalue weighted by atomic mass is 79.9. The van der Waals surface area contributed by atoms with E-state index in [1.165, 1.54) is 16.9 Å². The molecule has 2 rings (SSSR count). The first kappa shape index (κ1) is 15.2. The van der Waals surface area contributed by atoms with Crippen LogP contribution < -0.4 is 11.3 Å². The minimum absolute atomic E-state index is 0.241. The summed E-state index contributed by atoms with van der Waals surface area (Å²) in [5, 5.41) is 0. The van der Waals surface area contributed by atoms with Crippen LogP contribution in [0.1, 0.15) is 20.1 Å². The molecule has 0 aliphatic rings. The van der Waals surface area contributed by atoms with E-state index < -0.39 is 0 Å². The summed E-state index contributed by atoms with van der Waals surface area (Å²) in [6, 6.07) is 11.9. The van der Waals surface area contributed by atoms with Crippen molar-refractivity contribution >= 4 is 33.2 Å². The van der Waals surface area contributed by atoms with Crippen molar-refractivity contribution in [2.24, 2.45) is 5.84 Å². The maximum absolute atomic E-state index is 11.4. The molecule has 0 aliphatic carbocycles. The first-order valence-corrected chi connectivity index (χ1v) is 7.72. The third-order valence-electron chi connectivity index (χ3n) is 2.84. The maximum atomic E-state index is 11.4. The van der Waals surface area contributed by atoms with Crippen molar-refractivity contribution in [2.75, 3.05) is 7.05 Å². The molecule has 0 unspecified atom stereocenters. The van der Waals surface area contributed by atoms with Crippen LogP contribution in [0.2, 0.25) is 0 Å². The predicted molar refractivity (Wildman–Crippen MR) is 85.3 cm³/mol. The number of hydrazine groups is 1. The quantitative estimate of drug-likeness (QED) is 0.493. The molecular weight excluding hydrogens is 338 g/mol. The molecule has 20 heavy (non-hydrogen) atoms. The number of nitrogens with two attached hydrogens (primary N) is 1. The molecule has 0 aliphatic heterocycles. The summed E-state index contributed by atoms with van der Waals surface area (Å²) < 4.78 is 1.11. The number of nitrogen functional groups attached to an aromatic ring is 1. The van der Waals surface area contributed by atoms with Gasteiger partial charge in [0.25, 0.3) is 5.91 Å². The number of thiophene rings is 1. The lowest BCUT2D eigenvalue weighted by molar-refractivity contribution is 0.0957. The summed E-state index contributed by atoms with van der Waals surface area (Å²) in [6.07, 6.45) is 0. The molecule has 1 amide bonds. The lowest BCUT2D eigenvalue weighted by atomic mass is 10.2. The largest absolute Gasteiger partial charge is 0.297 e. The summed E-state index contributed by atoms with van der Waals surface area (Å²) in [5.41, 5.74) is 3.39. The van der Waals surface area contributed by atoms with Gasteiger partial charge in [0.1, 0.15) is 0 Å². The standard InChI is InChI=1S/C14H16BrN3OS/c1-18(8-10-4-2-3-5-12(10)15)9-11-6-7-13(20-11)14(19)17-16/h2-7H,8-9,16H2,1H3,(H,17,19). The Kier molecular flexibility index (Phi) is 5.31. The minimum atomic E-state index is -0.241. The van der Waals surface area contributed by atoms with E-state index in [4.69, 9.17) is 5.84 Å². The number of halogens is 1. The minimum Gasteiger partial charge on any atom is -0.297 e. The lowest BCUT2D eigenvalue weighted by Crippen LogP contribution is -2.29. The van der Waals surface area contributed by atoms with Crippen LogP contribution in [0.4, 0.5) is 0 Å². The molecule has 3 N–H and O–H groups in total. The van der Waals surface area contributed by atoms with Crippen molar-refractivity contribution < 1.29 is 4.79 Å². The molecule has 0 radical (unpaired) electrons. The van der Waals surface area contributed by atoms with E-state index in [1.54, 1.807) is 6.07 Å². The van der Waals surface area contributed by atoms with Crippen LogP contribution in [0, 0.1) is 0 Å². The van der Waals surface area contributed by atoms with Gasteiger partial charge in [-0.15, -0.1) is 11.3 Å². The number of hydrogen-bond donors (Lipinski definition) is 2. The van der Waals surface area contributed by atoms with Crippen molar-refractivity contribution in [3.63, 3.8) is 0 Å². The Morgan fingerprint density at radius 3 is 2.75 bits per heavy atom. The van der Waals surface area contributed by atoms with Gasteiger partial charge < -0.3 is 0 Å². The van der Waals surface area contributed by atoms with Gasteiger partial charge in [0.05, 0.1) is 4.88 Å². The van der Waals surface area contributed by atoms with Crippen molar-refractivity contribution in [3.8, 4) is 0 Å². The molecule has 0 saturated carbocycles. The number of carbonyl (C=O) groups excluding carboxylic acids is 1. The van der Waals surface area contributed by atoms with Gasteiger partial charge in [0, 0.05) is 22.4 Å². The monoisotopic (exact) mass is 353 g/mol. The molecule has 106 valence electrons. The number of amides is 1. The number of carbonyl (C=O) groups is 1. The van der Waals surface area contributed by atoms with Gasteiger partial charge in [-0.1, -0.05) is 34.1 Å². The molecule has 4 nitrogen and oxygen atoms in total. The van der Waals surface area contributed by atoms with Crippen molar-refractivity contribution in [2.45, 2.75) is 13.1 Å². The Bertz CT molecular complexity index is 600. The predicted octanol–water partition coefficient (Wildman–Crippen LogP) is 2.75. The van der Waals surface area contributed by atoms with Gasteiger partial charge in [-0.3, -0.25) is 15.1 Å². The second-order valence-electron chi connectivity index (χ2n) is 4.50. The summed E-state index contributed by atoms with van der Waals surface area (Å²) in [6.45, 7) is 1.64. The normalized spacial score (nSPS) is 10.8. The third-order valence-corrected chi connectivity index (χ3v) is 4.68. The van der Waals surface area contributed by atoms with Crippen LogP contribution in [-0.4, -0.2) is 17.9 Å². The van der Waals surface area contributed by atoms with E-state index in [-0.39, 0.29) is 5.91 Å². The van der Waals surface area contributed by atoms with Crippen LogP contribution in [0.3, 0.4) is 0 Å². The van der Waals surface area contributed by atoms with Gasteiger partial charge >= 0.3 is 0 Å². The molecule has 1 aromatic heterocycles. The van der Waals surface area contributed by atoms with Crippen LogP contribution in [0.5, 0.6) is 0 Å². The number of benzene rings is 1. The molecule has 0 atom stereocenters. The molecule has 6 heteroatoms. The smallest absolute Gasteiger partial charge is 0.275 e. The summed E-state index contributed by atoms with van der Waals surface area (Å²) in [7, 11) is 2.06. The van der Waals surface area contributed by atoms with Gasteiger partial charge in [0.15, 0.2) is 0 Å². The van der Waals surface area contributed by atoms with E-state index in [0.29, 0.717) is 4.88 Å².